The number of hydrogen-bond donors (Lipinski definition) is 0. The minimum atomic E-state index is -3.31. The maximum Gasteiger partial charge on any atom is 0.152 e. The minimum absolute atomic E-state index is 0. The quantitative estimate of drug-likeness (QED) is 0.514. The third-order valence-corrected chi connectivity index (χ3v) is 8.23. The van der Waals surface area contributed by atoms with Crippen molar-refractivity contribution in [3.63, 3.8) is 0 Å². The fraction of sp³-hybridized carbons (Fsp3) is 0.944. The molecule has 0 heterocycles. The van der Waals surface area contributed by atoms with E-state index in [0.29, 0.717) is 6.42 Å². The summed E-state index contributed by atoms with van der Waals surface area (Å²) in [6, 6.07) is 0. The van der Waals surface area contributed by atoms with Crippen molar-refractivity contribution >= 4 is 19.7 Å². The van der Waals surface area contributed by atoms with E-state index in [1.165, 1.54) is 27.7 Å². The predicted octanol–water partition coefficient (Wildman–Crippen LogP) is 4.30. The van der Waals surface area contributed by atoms with Gasteiger partial charge in [-0.05, 0) is 39.0 Å². The fourth-order valence-electron chi connectivity index (χ4n) is 1.29. The standard InChI is InChI=1S/C10H22O2S.C8H17O2S.Y/c1-8(2)13(11,12)7-9(3)10(4,5)6;1-7(2)5-6-11(9,10)8(3)4;/h8-9H,7H2,1-6H3;8H,5-6H2,1-4H3;/q;-1;/i2*8T;. The molecule has 0 spiro atoms. The van der Waals surface area contributed by atoms with Gasteiger partial charge in [0.15, 0.2) is 9.84 Å². The monoisotopic (exact) mass is 476 g/mol. The van der Waals surface area contributed by atoms with Gasteiger partial charge < -0.3 is 5.92 Å². The molecule has 0 amide bonds. The van der Waals surface area contributed by atoms with E-state index in [9.17, 15) is 16.8 Å². The van der Waals surface area contributed by atoms with Crippen molar-refractivity contribution in [1.82, 2.24) is 0 Å². The molecule has 0 aromatic carbocycles. The van der Waals surface area contributed by atoms with Crippen LogP contribution in [-0.2, 0) is 52.4 Å². The molecule has 7 heteroatoms. The van der Waals surface area contributed by atoms with E-state index < -0.39 is 30.1 Å². The SMILES string of the molecule is [3H]C(C)(C)S(=O)(=O)CC(C)C(C)(C)C.[3H]C(C)(C)S(=O)(=O)CC[C-](C)C.[Y]. The van der Waals surface area contributed by atoms with Gasteiger partial charge in [0.2, 0.25) is 0 Å². The van der Waals surface area contributed by atoms with Crippen LogP contribution in [0.2, 0.25) is 0 Å². The van der Waals surface area contributed by atoms with Crippen LogP contribution in [0.15, 0.2) is 0 Å². The second kappa shape index (κ2) is 12.5. The van der Waals surface area contributed by atoms with Crippen molar-refractivity contribution in [2.45, 2.75) is 86.1 Å². The van der Waals surface area contributed by atoms with Gasteiger partial charge in [0.05, 0.1) is 16.2 Å². The molecule has 0 rings (SSSR count). The minimum Gasteiger partial charge on any atom is -0.319 e. The Morgan fingerprint density at radius 2 is 1.24 bits per heavy atom. The Hall–Kier alpha value is 1.00. The first kappa shape index (κ1) is 26.0. The molecule has 0 aromatic heterocycles. The largest absolute Gasteiger partial charge is 0.319 e. The molecule has 0 bridgehead atoms. The maximum absolute atomic E-state index is 11.7. The molecule has 1 atom stereocenters. The van der Waals surface area contributed by atoms with E-state index in [0.717, 1.165) is 5.92 Å². The molecular weight excluding hydrogens is 433 g/mol. The van der Waals surface area contributed by atoms with Crippen LogP contribution in [0, 0.1) is 17.3 Å². The van der Waals surface area contributed by atoms with Crippen LogP contribution >= 0.6 is 0 Å². The van der Waals surface area contributed by atoms with Gasteiger partial charge in [0.25, 0.3) is 0 Å². The molecular formula is C18H39O4S2Y-. The van der Waals surface area contributed by atoms with Crippen LogP contribution in [0.4, 0.5) is 0 Å². The zero-order chi connectivity index (χ0) is 21.8. The van der Waals surface area contributed by atoms with E-state index in [-0.39, 0.29) is 55.5 Å². The van der Waals surface area contributed by atoms with Crippen molar-refractivity contribution < 1.29 is 52.3 Å². The summed E-state index contributed by atoms with van der Waals surface area (Å²) < 4.78 is 61.1. The third-order valence-electron chi connectivity index (χ3n) is 4.06. The van der Waals surface area contributed by atoms with Gasteiger partial charge in [0, 0.05) is 41.2 Å². The summed E-state index contributed by atoms with van der Waals surface area (Å²) in [5.74, 6) is 1.33. The first-order chi connectivity index (χ1) is 11.0. The second-order valence-corrected chi connectivity index (χ2v) is 13.0. The van der Waals surface area contributed by atoms with Gasteiger partial charge in [-0.15, -0.1) is 0 Å². The molecule has 0 aliphatic heterocycles. The zero-order valence-electron chi connectivity index (χ0n) is 19.7. The normalized spacial score (nSPS) is 16.1. The Kier molecular flexibility index (Phi) is 13.0. The molecule has 0 fully saturated rings. The molecule has 0 aromatic rings. The van der Waals surface area contributed by atoms with Gasteiger partial charge in [-0.3, -0.25) is 0 Å². The Morgan fingerprint density at radius 3 is 1.48 bits per heavy atom. The summed E-state index contributed by atoms with van der Waals surface area (Å²) >= 11 is 0. The van der Waals surface area contributed by atoms with Crippen LogP contribution in [-0.4, -0.2) is 38.8 Å². The van der Waals surface area contributed by atoms with Gasteiger partial charge in [-0.2, -0.15) is 20.3 Å². The molecule has 1 radical (unpaired) electrons. The van der Waals surface area contributed by atoms with Crippen LogP contribution < -0.4 is 0 Å². The molecule has 0 N–H and O–H groups in total. The van der Waals surface area contributed by atoms with E-state index in [1.54, 1.807) is 0 Å². The zero-order valence-corrected chi connectivity index (χ0v) is 22.2. The van der Waals surface area contributed by atoms with E-state index in [1.807, 2.05) is 41.5 Å². The first-order valence-corrected chi connectivity index (χ1v) is 11.6. The number of sulfone groups is 2. The van der Waals surface area contributed by atoms with Gasteiger partial charge in [0.1, 0.15) is 9.84 Å². The molecule has 0 aliphatic carbocycles. The van der Waals surface area contributed by atoms with E-state index >= 15 is 0 Å². The smallest absolute Gasteiger partial charge is 0.152 e. The van der Waals surface area contributed by atoms with E-state index in [4.69, 9.17) is 2.74 Å². The summed E-state index contributed by atoms with van der Waals surface area (Å²) in [5, 5.41) is -2.74. The maximum atomic E-state index is 11.7. The van der Waals surface area contributed by atoms with Crippen molar-refractivity contribution in [2.75, 3.05) is 11.5 Å². The number of hydrogen-bond acceptors (Lipinski definition) is 4. The summed E-state index contributed by atoms with van der Waals surface area (Å²) in [4.78, 5) is 0. The number of rotatable bonds is 7. The van der Waals surface area contributed by atoms with Crippen LogP contribution in [0.3, 0.4) is 0 Å². The van der Waals surface area contributed by atoms with Crippen molar-refractivity contribution in [3.8, 4) is 0 Å². The van der Waals surface area contributed by atoms with Crippen molar-refractivity contribution in [3.05, 3.63) is 5.92 Å². The molecule has 0 aliphatic rings. The Bertz CT molecular complexity index is 624. The summed E-state index contributed by atoms with van der Waals surface area (Å²) in [6.07, 6.45) is 0.560. The average Bonchev–Trinajstić information content (AvgIpc) is 2.32. The molecule has 0 saturated heterocycles. The van der Waals surface area contributed by atoms with Crippen LogP contribution in [0.25, 0.3) is 0 Å². The molecule has 151 valence electrons. The first-order valence-electron chi connectivity index (χ1n) is 9.28. The molecule has 0 saturated carbocycles. The second-order valence-electron chi connectivity index (χ2n) is 8.14. The molecule has 25 heavy (non-hydrogen) atoms. The van der Waals surface area contributed by atoms with Gasteiger partial charge >= 0.3 is 0 Å². The van der Waals surface area contributed by atoms with Gasteiger partial charge in [-0.1, -0.05) is 27.7 Å². The van der Waals surface area contributed by atoms with Crippen molar-refractivity contribution in [1.29, 1.82) is 0 Å². The van der Waals surface area contributed by atoms with Gasteiger partial charge in [-0.25, -0.2) is 16.8 Å². The van der Waals surface area contributed by atoms with Crippen molar-refractivity contribution in [2.24, 2.45) is 11.3 Å². The van der Waals surface area contributed by atoms with Crippen LogP contribution in [0.5, 0.6) is 0 Å². The Morgan fingerprint density at radius 1 is 0.880 bits per heavy atom. The summed E-state index contributed by atoms with van der Waals surface area (Å²) in [6.45, 7) is 17.4. The summed E-state index contributed by atoms with van der Waals surface area (Å²) in [7, 11) is -6.56. The predicted molar refractivity (Wildman–Crippen MR) is 106 cm³/mol. The molecule has 1 unspecified atom stereocenters. The molecule has 4 nitrogen and oxygen atoms in total. The average molecular weight is 477 g/mol. The van der Waals surface area contributed by atoms with Crippen LogP contribution in [0.1, 0.15) is 78.4 Å². The third kappa shape index (κ3) is 14.7. The van der Waals surface area contributed by atoms with E-state index in [2.05, 4.69) is 0 Å². The fourth-order valence-corrected chi connectivity index (χ4v) is 3.87. The Labute approximate surface area is 185 Å². The summed E-state index contributed by atoms with van der Waals surface area (Å²) in [5.41, 5.74) is -0.0294. The topological polar surface area (TPSA) is 68.3 Å². The Balaban J connectivity index is -0.000000416.